The maximum Gasteiger partial charge on any atom is 0.253 e. The molecular weight excluding hydrogens is 412 g/mol. The Hall–Kier alpha value is -3.19. The van der Waals surface area contributed by atoms with E-state index in [-0.39, 0.29) is 17.6 Å². The van der Waals surface area contributed by atoms with Gasteiger partial charge in [0.05, 0.1) is 18.3 Å². The molecule has 7 heteroatoms. The second-order valence-corrected chi connectivity index (χ2v) is 8.17. The normalized spacial score (nSPS) is 14.3. The number of likely N-dealkylation sites (tertiary alicyclic amines) is 1. The Morgan fingerprint density at radius 3 is 2.26 bits per heavy atom. The lowest BCUT2D eigenvalue weighted by atomic mass is 9.88. The van der Waals surface area contributed by atoms with Crippen LogP contribution < -0.4 is 9.47 Å². The zero-order valence-electron chi connectivity index (χ0n) is 17.3. The van der Waals surface area contributed by atoms with Gasteiger partial charge in [0, 0.05) is 35.5 Å². The largest absolute Gasteiger partial charge is 0.497 e. The van der Waals surface area contributed by atoms with E-state index in [4.69, 9.17) is 9.47 Å². The van der Waals surface area contributed by atoms with Gasteiger partial charge in [-0.1, -0.05) is 0 Å². The highest BCUT2D eigenvalue weighted by atomic mass is 32.1. The van der Waals surface area contributed by atoms with Crippen LogP contribution in [0, 0.1) is 5.92 Å². The average Bonchev–Trinajstić information content (AvgIpc) is 3.36. The summed E-state index contributed by atoms with van der Waals surface area (Å²) in [5, 5.41) is 1.95. The number of nitrogens with zero attached hydrogens (tertiary/aromatic N) is 2. The molecule has 1 aliphatic rings. The first-order valence-electron chi connectivity index (χ1n) is 10.2. The van der Waals surface area contributed by atoms with E-state index in [1.54, 1.807) is 61.2 Å². The molecular formula is C24H24N2O4S. The lowest BCUT2D eigenvalue weighted by Gasteiger charge is -2.31. The van der Waals surface area contributed by atoms with Gasteiger partial charge in [-0.2, -0.15) is 0 Å². The minimum atomic E-state index is -0.0565. The Kier molecular flexibility index (Phi) is 6.62. The van der Waals surface area contributed by atoms with Crippen LogP contribution >= 0.6 is 11.3 Å². The molecule has 1 fully saturated rings. The van der Waals surface area contributed by atoms with Crippen molar-refractivity contribution in [1.82, 2.24) is 9.88 Å². The average molecular weight is 437 g/mol. The zero-order valence-corrected chi connectivity index (χ0v) is 18.1. The van der Waals surface area contributed by atoms with Crippen molar-refractivity contribution >= 4 is 23.0 Å². The Bertz CT molecular complexity index is 1010. The Balaban J connectivity index is 1.29. The number of benzene rings is 2. The third kappa shape index (κ3) is 5.11. The van der Waals surface area contributed by atoms with Gasteiger partial charge in [0.1, 0.15) is 18.1 Å². The van der Waals surface area contributed by atoms with Gasteiger partial charge in [-0.3, -0.25) is 9.59 Å². The number of Topliss-reactive ketones (excluding diaryl/α,β-unsaturated/α-hetero) is 1. The molecule has 4 rings (SSSR count). The van der Waals surface area contributed by atoms with Crippen LogP contribution in [0.3, 0.4) is 0 Å². The van der Waals surface area contributed by atoms with Crippen LogP contribution in [-0.4, -0.2) is 41.8 Å². The van der Waals surface area contributed by atoms with Crippen molar-refractivity contribution in [3.05, 3.63) is 76.2 Å². The minimum absolute atomic E-state index is 0.0126. The van der Waals surface area contributed by atoms with E-state index in [1.165, 1.54) is 11.3 Å². The van der Waals surface area contributed by atoms with Gasteiger partial charge in [-0.15, -0.1) is 11.3 Å². The smallest absolute Gasteiger partial charge is 0.253 e. The van der Waals surface area contributed by atoms with Gasteiger partial charge in [-0.05, 0) is 61.4 Å². The first-order chi connectivity index (χ1) is 15.1. The summed E-state index contributed by atoms with van der Waals surface area (Å²) >= 11 is 1.53. The number of hydrogen-bond acceptors (Lipinski definition) is 6. The number of methoxy groups -OCH3 is 1. The van der Waals surface area contributed by atoms with E-state index in [2.05, 4.69) is 4.98 Å². The summed E-state index contributed by atoms with van der Waals surface area (Å²) in [7, 11) is 1.60. The van der Waals surface area contributed by atoms with Gasteiger partial charge in [-0.25, -0.2) is 4.98 Å². The standard InChI is InChI=1S/C24H24N2O4S/c1-29-21-6-2-17(3-7-21)23(27)18-10-12-26(13-11-18)24(28)19-4-8-22(9-5-19)30-14-20-15-31-16-25-20/h2-9,15-16,18H,10-14H2,1H3. The van der Waals surface area contributed by atoms with Gasteiger partial charge >= 0.3 is 0 Å². The molecule has 160 valence electrons. The van der Waals surface area contributed by atoms with Gasteiger partial charge in [0.25, 0.3) is 5.91 Å². The molecule has 0 radical (unpaired) electrons. The second-order valence-electron chi connectivity index (χ2n) is 7.45. The molecule has 2 heterocycles. The van der Waals surface area contributed by atoms with E-state index in [0.29, 0.717) is 49.4 Å². The van der Waals surface area contributed by atoms with E-state index in [9.17, 15) is 9.59 Å². The highest BCUT2D eigenvalue weighted by Gasteiger charge is 2.28. The predicted molar refractivity (Wildman–Crippen MR) is 119 cm³/mol. The van der Waals surface area contributed by atoms with E-state index >= 15 is 0 Å². The third-order valence-electron chi connectivity index (χ3n) is 5.50. The second kappa shape index (κ2) is 9.75. The van der Waals surface area contributed by atoms with Crippen LogP contribution in [0.4, 0.5) is 0 Å². The molecule has 1 aliphatic heterocycles. The third-order valence-corrected chi connectivity index (χ3v) is 6.13. The first-order valence-corrected chi connectivity index (χ1v) is 11.2. The maximum absolute atomic E-state index is 12.9. The number of carbonyl (C=O) groups excluding carboxylic acids is 2. The highest BCUT2D eigenvalue weighted by molar-refractivity contribution is 7.07. The van der Waals surface area contributed by atoms with E-state index < -0.39 is 0 Å². The van der Waals surface area contributed by atoms with E-state index in [0.717, 1.165) is 11.4 Å². The number of ketones is 1. The van der Waals surface area contributed by atoms with E-state index in [1.807, 2.05) is 10.3 Å². The highest BCUT2D eigenvalue weighted by Crippen LogP contribution is 2.24. The zero-order chi connectivity index (χ0) is 21.6. The number of aromatic nitrogens is 1. The maximum atomic E-state index is 12.9. The summed E-state index contributed by atoms with van der Waals surface area (Å²) in [6.45, 7) is 1.56. The summed E-state index contributed by atoms with van der Waals surface area (Å²) in [5.74, 6) is 1.50. The van der Waals surface area contributed by atoms with Crippen molar-refractivity contribution in [2.24, 2.45) is 5.92 Å². The fraction of sp³-hybridized carbons (Fsp3) is 0.292. The first kappa shape index (κ1) is 21.1. The molecule has 0 aliphatic carbocycles. The van der Waals surface area contributed by atoms with Crippen LogP contribution in [0.25, 0.3) is 0 Å². The van der Waals surface area contributed by atoms with Crippen molar-refractivity contribution in [3.8, 4) is 11.5 Å². The molecule has 0 unspecified atom stereocenters. The lowest BCUT2D eigenvalue weighted by Crippen LogP contribution is -2.40. The van der Waals surface area contributed by atoms with Gasteiger partial charge < -0.3 is 14.4 Å². The fourth-order valence-electron chi connectivity index (χ4n) is 3.68. The Morgan fingerprint density at radius 2 is 1.65 bits per heavy atom. The topological polar surface area (TPSA) is 68.7 Å². The molecule has 0 atom stereocenters. The molecule has 1 aromatic heterocycles. The lowest BCUT2D eigenvalue weighted by molar-refractivity contribution is 0.0650. The monoisotopic (exact) mass is 436 g/mol. The van der Waals surface area contributed by atoms with Crippen LogP contribution in [-0.2, 0) is 6.61 Å². The number of carbonyl (C=O) groups is 2. The summed E-state index contributed by atoms with van der Waals surface area (Å²) < 4.78 is 10.9. The quantitative estimate of drug-likeness (QED) is 0.511. The number of rotatable bonds is 7. The molecule has 2 aromatic carbocycles. The minimum Gasteiger partial charge on any atom is -0.497 e. The molecule has 1 saturated heterocycles. The van der Waals surface area contributed by atoms with Crippen molar-refractivity contribution < 1.29 is 19.1 Å². The van der Waals surface area contributed by atoms with Crippen molar-refractivity contribution in [2.45, 2.75) is 19.4 Å². The molecule has 0 saturated carbocycles. The van der Waals surface area contributed by atoms with Gasteiger partial charge in [0.15, 0.2) is 5.78 Å². The van der Waals surface area contributed by atoms with Crippen LogP contribution in [0.15, 0.2) is 59.4 Å². The number of ether oxygens (including phenoxy) is 2. The number of hydrogen-bond donors (Lipinski definition) is 0. The molecule has 6 nitrogen and oxygen atoms in total. The molecule has 3 aromatic rings. The Morgan fingerprint density at radius 1 is 1.00 bits per heavy atom. The SMILES string of the molecule is COc1ccc(C(=O)C2CCN(C(=O)c3ccc(OCc4cscn4)cc3)CC2)cc1. The molecule has 0 bridgehead atoms. The van der Waals surface area contributed by atoms with Crippen molar-refractivity contribution in [2.75, 3.05) is 20.2 Å². The number of thiazole rings is 1. The molecule has 1 amide bonds. The van der Waals surface area contributed by atoms with Crippen LogP contribution in [0.1, 0.15) is 39.3 Å². The van der Waals surface area contributed by atoms with Gasteiger partial charge in [0.2, 0.25) is 0 Å². The fourth-order valence-corrected chi connectivity index (χ4v) is 4.22. The number of amides is 1. The molecule has 0 spiro atoms. The summed E-state index contributed by atoms with van der Waals surface area (Å²) in [6.07, 6.45) is 1.34. The van der Waals surface area contributed by atoms with Crippen LogP contribution in [0.2, 0.25) is 0 Å². The summed E-state index contributed by atoms with van der Waals surface area (Å²) in [5.41, 5.74) is 3.98. The molecule has 31 heavy (non-hydrogen) atoms. The number of piperidine rings is 1. The Labute approximate surface area is 185 Å². The van der Waals surface area contributed by atoms with Crippen molar-refractivity contribution in [1.29, 1.82) is 0 Å². The summed E-state index contributed by atoms with van der Waals surface area (Å²) in [6, 6.07) is 14.4. The molecule has 0 N–H and O–H groups in total. The van der Waals surface area contributed by atoms with Crippen molar-refractivity contribution in [3.63, 3.8) is 0 Å². The summed E-state index contributed by atoms with van der Waals surface area (Å²) in [4.78, 5) is 31.6. The predicted octanol–water partition coefficient (Wildman–Crippen LogP) is 4.47. The van der Waals surface area contributed by atoms with Crippen LogP contribution in [0.5, 0.6) is 11.5 Å².